The van der Waals surface area contributed by atoms with Gasteiger partial charge in [-0.2, -0.15) is 0 Å². The molecule has 1 amide bonds. The summed E-state index contributed by atoms with van der Waals surface area (Å²) in [5, 5.41) is 5.68. The van der Waals surface area contributed by atoms with Crippen LogP contribution in [0.1, 0.15) is 49.6 Å². The first-order valence-electron chi connectivity index (χ1n) is 8.60. The predicted molar refractivity (Wildman–Crippen MR) is 105 cm³/mol. The summed E-state index contributed by atoms with van der Waals surface area (Å²) in [6, 6.07) is 8.50. The highest BCUT2D eigenvalue weighted by molar-refractivity contribution is 7.15. The van der Waals surface area contributed by atoms with Gasteiger partial charge in [0.1, 0.15) is 0 Å². The summed E-state index contributed by atoms with van der Waals surface area (Å²) in [5.41, 5.74) is 4.63. The molecule has 1 aliphatic carbocycles. The molecule has 0 radical (unpaired) electrons. The molecule has 1 aromatic carbocycles. The van der Waals surface area contributed by atoms with Crippen LogP contribution in [0.3, 0.4) is 0 Å². The third kappa shape index (κ3) is 3.67. The van der Waals surface area contributed by atoms with Gasteiger partial charge in [-0.15, -0.1) is 22.7 Å². The Bertz CT molecular complexity index is 910. The molecule has 1 aliphatic rings. The van der Waals surface area contributed by atoms with Crippen LogP contribution in [0.2, 0.25) is 0 Å². The highest BCUT2D eigenvalue weighted by Gasteiger charge is 2.20. The molecule has 2 aromatic heterocycles. The Hall–Kier alpha value is -1.98. The maximum atomic E-state index is 12.6. The van der Waals surface area contributed by atoms with E-state index in [-0.39, 0.29) is 5.91 Å². The van der Waals surface area contributed by atoms with Gasteiger partial charge in [0.25, 0.3) is 5.91 Å². The SMILES string of the molecule is Cc1cccc(Cc2cnc(NC(=O)c3csc4c3CCCC4)s2)c1. The lowest BCUT2D eigenvalue weighted by Crippen LogP contribution is -2.14. The fourth-order valence-corrected chi connectivity index (χ4v) is 5.29. The Labute approximate surface area is 155 Å². The summed E-state index contributed by atoms with van der Waals surface area (Å²) in [5.74, 6) is -0.0177. The Morgan fingerprint density at radius 2 is 2.16 bits per heavy atom. The summed E-state index contributed by atoms with van der Waals surface area (Å²) in [6.45, 7) is 2.10. The number of hydrogen-bond donors (Lipinski definition) is 1. The van der Waals surface area contributed by atoms with Crippen molar-refractivity contribution in [2.75, 3.05) is 5.32 Å². The van der Waals surface area contributed by atoms with E-state index in [1.54, 1.807) is 22.7 Å². The number of carbonyl (C=O) groups excluding carboxylic acids is 1. The summed E-state index contributed by atoms with van der Waals surface area (Å²) < 4.78 is 0. The summed E-state index contributed by atoms with van der Waals surface area (Å²) in [7, 11) is 0. The van der Waals surface area contributed by atoms with Crippen LogP contribution in [0.25, 0.3) is 0 Å². The van der Waals surface area contributed by atoms with Crippen molar-refractivity contribution < 1.29 is 4.79 Å². The van der Waals surface area contributed by atoms with E-state index < -0.39 is 0 Å². The molecule has 5 heteroatoms. The third-order valence-corrected chi connectivity index (χ3v) is 6.54. The van der Waals surface area contributed by atoms with Gasteiger partial charge >= 0.3 is 0 Å². The van der Waals surface area contributed by atoms with Gasteiger partial charge in [0.05, 0.1) is 5.56 Å². The number of amides is 1. The lowest BCUT2D eigenvalue weighted by Gasteiger charge is -2.12. The van der Waals surface area contributed by atoms with E-state index in [0.29, 0.717) is 5.13 Å². The van der Waals surface area contributed by atoms with Crippen molar-refractivity contribution in [2.24, 2.45) is 0 Å². The molecule has 0 atom stereocenters. The first kappa shape index (κ1) is 16.5. The molecule has 0 fully saturated rings. The van der Waals surface area contributed by atoms with Crippen molar-refractivity contribution in [1.82, 2.24) is 4.98 Å². The molecule has 0 saturated carbocycles. The lowest BCUT2D eigenvalue weighted by atomic mass is 9.96. The van der Waals surface area contributed by atoms with Gasteiger partial charge in [-0.05, 0) is 43.7 Å². The molecule has 0 saturated heterocycles. The van der Waals surface area contributed by atoms with Crippen molar-refractivity contribution in [3.63, 3.8) is 0 Å². The maximum Gasteiger partial charge on any atom is 0.258 e. The van der Waals surface area contributed by atoms with Crippen molar-refractivity contribution in [1.29, 1.82) is 0 Å². The minimum absolute atomic E-state index is 0.0177. The second-order valence-corrected chi connectivity index (χ2v) is 8.59. The third-order valence-electron chi connectivity index (χ3n) is 4.54. The number of fused-ring (bicyclic) bond motifs is 1. The highest BCUT2D eigenvalue weighted by Crippen LogP contribution is 2.31. The minimum atomic E-state index is -0.0177. The zero-order chi connectivity index (χ0) is 17.2. The zero-order valence-corrected chi connectivity index (χ0v) is 15.8. The largest absolute Gasteiger partial charge is 0.298 e. The average molecular weight is 369 g/mol. The summed E-state index contributed by atoms with van der Waals surface area (Å²) in [4.78, 5) is 19.6. The molecule has 0 unspecified atom stereocenters. The average Bonchev–Trinajstić information content (AvgIpc) is 3.21. The van der Waals surface area contributed by atoms with E-state index in [1.165, 1.54) is 34.4 Å². The Balaban J connectivity index is 1.46. The first-order chi connectivity index (χ1) is 12.2. The molecule has 0 spiro atoms. The molecule has 2 heterocycles. The van der Waals surface area contributed by atoms with Gasteiger partial charge in [0.15, 0.2) is 5.13 Å². The van der Waals surface area contributed by atoms with Crippen LogP contribution in [0.4, 0.5) is 5.13 Å². The molecule has 4 rings (SSSR count). The number of nitrogens with one attached hydrogen (secondary N) is 1. The topological polar surface area (TPSA) is 42.0 Å². The standard InChI is InChI=1S/C20H20N2OS2/c1-13-5-4-6-14(9-13)10-15-11-21-20(25-15)22-19(23)17-12-24-18-8-3-2-7-16(17)18/h4-6,9,11-12H,2-3,7-8,10H2,1H3,(H,21,22,23). The number of hydrogen-bond acceptors (Lipinski definition) is 4. The highest BCUT2D eigenvalue weighted by atomic mass is 32.1. The first-order valence-corrected chi connectivity index (χ1v) is 10.3. The summed E-state index contributed by atoms with van der Waals surface area (Å²) in [6.07, 6.45) is 7.28. The smallest absolute Gasteiger partial charge is 0.258 e. The fourth-order valence-electron chi connectivity index (χ4n) is 3.32. The number of anilines is 1. The normalized spacial score (nSPS) is 13.5. The molecule has 3 aromatic rings. The van der Waals surface area contributed by atoms with E-state index in [0.717, 1.165) is 29.7 Å². The molecular formula is C20H20N2OS2. The van der Waals surface area contributed by atoms with Gasteiger partial charge < -0.3 is 0 Å². The predicted octanol–water partition coefficient (Wildman–Crippen LogP) is 5.23. The van der Waals surface area contributed by atoms with Crippen LogP contribution in [0.15, 0.2) is 35.8 Å². The van der Waals surface area contributed by atoms with E-state index in [4.69, 9.17) is 0 Å². The van der Waals surface area contributed by atoms with Crippen LogP contribution < -0.4 is 5.32 Å². The molecule has 128 valence electrons. The quantitative estimate of drug-likeness (QED) is 0.685. The van der Waals surface area contributed by atoms with E-state index >= 15 is 0 Å². The minimum Gasteiger partial charge on any atom is -0.298 e. The Morgan fingerprint density at radius 3 is 3.04 bits per heavy atom. The molecule has 0 bridgehead atoms. The van der Waals surface area contributed by atoms with Crippen LogP contribution in [-0.4, -0.2) is 10.9 Å². The molecule has 1 N–H and O–H groups in total. The molecule has 0 aliphatic heterocycles. The van der Waals surface area contributed by atoms with Crippen LogP contribution in [0, 0.1) is 6.92 Å². The van der Waals surface area contributed by atoms with Crippen LogP contribution in [0.5, 0.6) is 0 Å². The van der Waals surface area contributed by atoms with Gasteiger partial charge in [-0.1, -0.05) is 29.8 Å². The van der Waals surface area contributed by atoms with Crippen LogP contribution in [-0.2, 0) is 19.3 Å². The van der Waals surface area contributed by atoms with Gasteiger partial charge in [0.2, 0.25) is 0 Å². The maximum absolute atomic E-state index is 12.6. The number of nitrogens with zero attached hydrogens (tertiary/aromatic N) is 1. The number of benzene rings is 1. The lowest BCUT2D eigenvalue weighted by molar-refractivity contribution is 0.102. The second kappa shape index (κ2) is 7.10. The molecular weight excluding hydrogens is 348 g/mol. The van der Waals surface area contributed by atoms with E-state index in [2.05, 4.69) is 41.5 Å². The molecule has 3 nitrogen and oxygen atoms in total. The second-order valence-electron chi connectivity index (χ2n) is 6.51. The Morgan fingerprint density at radius 1 is 1.28 bits per heavy atom. The van der Waals surface area contributed by atoms with Crippen molar-refractivity contribution in [2.45, 2.75) is 39.0 Å². The van der Waals surface area contributed by atoms with E-state index in [1.807, 2.05) is 11.6 Å². The summed E-state index contributed by atoms with van der Waals surface area (Å²) >= 11 is 3.28. The molecule has 25 heavy (non-hydrogen) atoms. The number of carbonyl (C=O) groups is 1. The zero-order valence-electron chi connectivity index (χ0n) is 14.2. The number of aromatic nitrogens is 1. The fraction of sp³-hybridized carbons (Fsp3) is 0.300. The van der Waals surface area contributed by atoms with E-state index in [9.17, 15) is 4.79 Å². The van der Waals surface area contributed by atoms with Gasteiger partial charge in [-0.3, -0.25) is 10.1 Å². The number of thiophene rings is 1. The monoisotopic (exact) mass is 368 g/mol. The van der Waals surface area contributed by atoms with Crippen molar-refractivity contribution in [3.8, 4) is 0 Å². The van der Waals surface area contributed by atoms with Gasteiger partial charge in [0, 0.05) is 27.8 Å². The Kier molecular flexibility index (Phi) is 4.68. The van der Waals surface area contributed by atoms with Crippen molar-refractivity contribution >= 4 is 33.7 Å². The van der Waals surface area contributed by atoms with Crippen LogP contribution >= 0.6 is 22.7 Å². The van der Waals surface area contributed by atoms with Gasteiger partial charge in [-0.25, -0.2) is 4.98 Å². The number of rotatable bonds is 4. The van der Waals surface area contributed by atoms with Crippen molar-refractivity contribution in [3.05, 3.63) is 67.9 Å². The number of aryl methyl sites for hydroxylation is 2. The number of thiazole rings is 1.